The second kappa shape index (κ2) is 8.06. The minimum atomic E-state index is -0.778. The van der Waals surface area contributed by atoms with Gasteiger partial charge < -0.3 is 15.1 Å². The van der Waals surface area contributed by atoms with E-state index in [2.05, 4.69) is 10.3 Å². The first kappa shape index (κ1) is 18.1. The molecule has 2 rings (SSSR count). The molecule has 1 fully saturated rings. The highest BCUT2D eigenvalue weighted by molar-refractivity contribution is 5.91. The van der Waals surface area contributed by atoms with E-state index in [0.717, 1.165) is 12.1 Å². The Morgan fingerprint density at radius 3 is 2.83 bits per heavy atom. The fourth-order valence-electron chi connectivity index (χ4n) is 3.11. The number of rotatable bonds is 5. The molecule has 1 aromatic rings. The molecule has 2 heterocycles. The zero-order chi connectivity index (χ0) is 17.6. The standard InChI is InChI=1S/C18H26N4O2/c1-19-17(24)18(15-8-4-5-11-20-15)10-7-13-22(14-18)16(23)9-6-12-21(2)3/h4-6,8-9,11H,7,10,12-14H2,1-3H3,(H,19,24)/b9-6+. The lowest BCUT2D eigenvalue weighted by Crippen LogP contribution is -2.55. The van der Waals surface area contributed by atoms with Crippen molar-refractivity contribution in [3.63, 3.8) is 0 Å². The molecule has 1 aromatic heterocycles. The molecule has 1 saturated heterocycles. The van der Waals surface area contributed by atoms with Crippen molar-refractivity contribution in [1.29, 1.82) is 0 Å². The van der Waals surface area contributed by atoms with Crippen LogP contribution in [0.25, 0.3) is 0 Å². The van der Waals surface area contributed by atoms with Crippen LogP contribution in [0.2, 0.25) is 0 Å². The number of hydrogen-bond donors (Lipinski definition) is 1. The molecule has 6 nitrogen and oxygen atoms in total. The summed E-state index contributed by atoms with van der Waals surface area (Å²) in [5, 5.41) is 2.75. The number of amides is 2. The third-order valence-electron chi connectivity index (χ3n) is 4.35. The number of pyridine rings is 1. The molecule has 0 bridgehead atoms. The number of carbonyl (C=O) groups is 2. The van der Waals surface area contributed by atoms with Crippen LogP contribution in [0.1, 0.15) is 18.5 Å². The Morgan fingerprint density at radius 1 is 1.42 bits per heavy atom. The first-order valence-electron chi connectivity index (χ1n) is 8.23. The lowest BCUT2D eigenvalue weighted by atomic mass is 9.75. The summed E-state index contributed by atoms with van der Waals surface area (Å²) in [5.74, 6) is -0.142. The van der Waals surface area contributed by atoms with Gasteiger partial charge in [-0.3, -0.25) is 14.6 Å². The van der Waals surface area contributed by atoms with E-state index in [1.165, 1.54) is 0 Å². The van der Waals surface area contributed by atoms with E-state index >= 15 is 0 Å². The van der Waals surface area contributed by atoms with Gasteiger partial charge in [0.25, 0.3) is 0 Å². The van der Waals surface area contributed by atoms with Gasteiger partial charge >= 0.3 is 0 Å². The lowest BCUT2D eigenvalue weighted by Gasteiger charge is -2.40. The summed E-state index contributed by atoms with van der Waals surface area (Å²) < 4.78 is 0. The van der Waals surface area contributed by atoms with Gasteiger partial charge in [-0.1, -0.05) is 12.1 Å². The first-order chi connectivity index (χ1) is 11.5. The van der Waals surface area contributed by atoms with Crippen LogP contribution >= 0.6 is 0 Å². The Balaban J connectivity index is 2.23. The maximum atomic E-state index is 12.6. The molecule has 0 radical (unpaired) electrons. The third kappa shape index (κ3) is 4.00. The van der Waals surface area contributed by atoms with Gasteiger partial charge in [-0.2, -0.15) is 0 Å². The van der Waals surface area contributed by atoms with Crippen molar-refractivity contribution < 1.29 is 9.59 Å². The van der Waals surface area contributed by atoms with Crippen LogP contribution in [0, 0.1) is 0 Å². The predicted molar refractivity (Wildman–Crippen MR) is 93.5 cm³/mol. The molecule has 0 aromatic carbocycles. The SMILES string of the molecule is CNC(=O)C1(c2ccccn2)CCCN(C(=O)/C=C/CN(C)C)C1. The van der Waals surface area contributed by atoms with Gasteiger partial charge in [0.1, 0.15) is 5.41 Å². The molecule has 1 aliphatic heterocycles. The first-order valence-corrected chi connectivity index (χ1v) is 8.23. The number of piperidine rings is 1. The molecule has 1 aliphatic rings. The molecule has 2 amide bonds. The Bertz CT molecular complexity index is 600. The van der Waals surface area contributed by atoms with Gasteiger partial charge in [-0.25, -0.2) is 0 Å². The summed E-state index contributed by atoms with van der Waals surface area (Å²) in [7, 11) is 5.53. The Morgan fingerprint density at radius 2 is 2.21 bits per heavy atom. The third-order valence-corrected chi connectivity index (χ3v) is 4.35. The number of aromatic nitrogens is 1. The molecule has 0 aliphatic carbocycles. The second-order valence-electron chi connectivity index (χ2n) is 6.40. The fraction of sp³-hybridized carbons (Fsp3) is 0.500. The molecule has 0 saturated carbocycles. The van der Waals surface area contributed by atoms with Crippen molar-refractivity contribution in [1.82, 2.24) is 20.1 Å². The summed E-state index contributed by atoms with van der Waals surface area (Å²) in [5.41, 5.74) is -0.0571. The van der Waals surface area contributed by atoms with E-state index in [9.17, 15) is 9.59 Å². The van der Waals surface area contributed by atoms with E-state index in [4.69, 9.17) is 0 Å². The Labute approximate surface area is 143 Å². The normalized spacial score (nSPS) is 21.2. The number of nitrogens with zero attached hydrogens (tertiary/aromatic N) is 3. The predicted octanol–water partition coefficient (Wildman–Crippen LogP) is 0.806. The van der Waals surface area contributed by atoms with Crippen LogP contribution in [0.5, 0.6) is 0 Å². The topological polar surface area (TPSA) is 65.5 Å². The van der Waals surface area contributed by atoms with Gasteiger partial charge in [0.05, 0.1) is 5.69 Å². The number of hydrogen-bond acceptors (Lipinski definition) is 4. The monoisotopic (exact) mass is 330 g/mol. The number of likely N-dealkylation sites (tertiary alicyclic amines) is 1. The van der Waals surface area contributed by atoms with Gasteiger partial charge in [0, 0.05) is 39.0 Å². The number of likely N-dealkylation sites (N-methyl/N-ethyl adjacent to an activating group) is 2. The second-order valence-corrected chi connectivity index (χ2v) is 6.40. The van der Waals surface area contributed by atoms with Crippen LogP contribution in [0.15, 0.2) is 36.5 Å². The van der Waals surface area contributed by atoms with Crippen molar-refractivity contribution in [3.05, 3.63) is 42.2 Å². The summed E-state index contributed by atoms with van der Waals surface area (Å²) in [6.45, 7) is 1.73. The molecule has 6 heteroatoms. The highest BCUT2D eigenvalue weighted by Gasteiger charge is 2.45. The van der Waals surface area contributed by atoms with E-state index in [1.807, 2.05) is 43.3 Å². The van der Waals surface area contributed by atoms with Crippen molar-refractivity contribution in [2.45, 2.75) is 18.3 Å². The number of carbonyl (C=O) groups excluding carboxylic acids is 2. The highest BCUT2D eigenvalue weighted by atomic mass is 16.2. The van der Waals surface area contributed by atoms with Crippen LogP contribution in [0.3, 0.4) is 0 Å². The molecular formula is C18H26N4O2. The van der Waals surface area contributed by atoms with Gasteiger partial charge in [0.15, 0.2) is 0 Å². The smallest absolute Gasteiger partial charge is 0.246 e. The van der Waals surface area contributed by atoms with Crippen LogP contribution in [-0.4, -0.2) is 67.4 Å². The molecule has 24 heavy (non-hydrogen) atoms. The summed E-state index contributed by atoms with van der Waals surface area (Å²) in [6, 6.07) is 5.58. The average Bonchev–Trinajstić information content (AvgIpc) is 2.61. The van der Waals surface area contributed by atoms with Crippen LogP contribution in [0.4, 0.5) is 0 Å². The highest BCUT2D eigenvalue weighted by Crippen LogP contribution is 2.33. The molecule has 1 N–H and O–H groups in total. The average molecular weight is 330 g/mol. The zero-order valence-corrected chi connectivity index (χ0v) is 14.7. The maximum Gasteiger partial charge on any atom is 0.246 e. The molecule has 0 spiro atoms. The van der Waals surface area contributed by atoms with Crippen molar-refractivity contribution >= 4 is 11.8 Å². The van der Waals surface area contributed by atoms with E-state index in [0.29, 0.717) is 26.1 Å². The van der Waals surface area contributed by atoms with E-state index in [1.54, 1.807) is 24.2 Å². The fourth-order valence-corrected chi connectivity index (χ4v) is 3.11. The van der Waals surface area contributed by atoms with Crippen LogP contribution in [-0.2, 0) is 15.0 Å². The van der Waals surface area contributed by atoms with Crippen molar-refractivity contribution in [3.8, 4) is 0 Å². The van der Waals surface area contributed by atoms with Crippen molar-refractivity contribution in [2.75, 3.05) is 40.8 Å². The van der Waals surface area contributed by atoms with Gasteiger partial charge in [-0.05, 0) is 39.1 Å². The zero-order valence-electron chi connectivity index (χ0n) is 14.7. The summed E-state index contributed by atoms with van der Waals surface area (Å²) >= 11 is 0. The summed E-state index contributed by atoms with van der Waals surface area (Å²) in [4.78, 5) is 33.3. The minimum Gasteiger partial charge on any atom is -0.358 e. The molecule has 130 valence electrons. The lowest BCUT2D eigenvalue weighted by molar-refractivity contribution is -0.134. The Hall–Kier alpha value is -2.21. The molecular weight excluding hydrogens is 304 g/mol. The van der Waals surface area contributed by atoms with Crippen LogP contribution < -0.4 is 5.32 Å². The molecule has 1 unspecified atom stereocenters. The maximum absolute atomic E-state index is 12.6. The largest absolute Gasteiger partial charge is 0.358 e. The quantitative estimate of drug-likeness (QED) is 0.811. The van der Waals surface area contributed by atoms with E-state index < -0.39 is 5.41 Å². The Kier molecular flexibility index (Phi) is 6.09. The minimum absolute atomic E-state index is 0.0549. The van der Waals surface area contributed by atoms with E-state index in [-0.39, 0.29) is 11.8 Å². The van der Waals surface area contributed by atoms with Gasteiger partial charge in [-0.15, -0.1) is 0 Å². The summed E-state index contributed by atoms with van der Waals surface area (Å²) in [6.07, 6.45) is 6.60. The van der Waals surface area contributed by atoms with Crippen molar-refractivity contribution in [2.24, 2.45) is 0 Å². The molecule has 1 atom stereocenters. The van der Waals surface area contributed by atoms with Gasteiger partial charge in [0.2, 0.25) is 11.8 Å². The number of nitrogens with one attached hydrogen (secondary N) is 1.